The number of nitrogens with zero attached hydrogens (tertiary/aromatic N) is 1. The van der Waals surface area contributed by atoms with Gasteiger partial charge in [-0.2, -0.15) is 6.92 Å². The largest absolute Gasteiger partial charge is 0.483 e. The van der Waals surface area contributed by atoms with Crippen LogP contribution in [0.2, 0.25) is 0 Å². The van der Waals surface area contributed by atoms with Crippen LogP contribution in [0.3, 0.4) is 0 Å². The molecule has 13 heavy (non-hydrogen) atoms. The van der Waals surface area contributed by atoms with Crippen molar-refractivity contribution >= 4 is 5.97 Å². The molecule has 0 atom stereocenters. The van der Waals surface area contributed by atoms with Crippen LogP contribution in [0.15, 0.2) is 0 Å². The van der Waals surface area contributed by atoms with Crippen molar-refractivity contribution in [3.63, 3.8) is 0 Å². The van der Waals surface area contributed by atoms with Crippen LogP contribution >= 0.6 is 0 Å². The Morgan fingerprint density at radius 3 is 2.15 bits per heavy atom. The van der Waals surface area contributed by atoms with Crippen LogP contribution in [0.4, 0.5) is 0 Å². The standard InChI is InChI=1S/C9H18NO2.Rh/c1-6-10(5)7(2)9(3,4)8(11)12;/h6H2,1-5H3,(H,11,12);/q-1;. The van der Waals surface area contributed by atoms with Gasteiger partial charge < -0.3 is 10.0 Å². The Kier molecular flexibility index (Phi) is 6.82. The zero-order valence-electron chi connectivity index (χ0n) is 8.84. The molecule has 0 rings (SSSR count). The first-order chi connectivity index (χ1) is 5.34. The van der Waals surface area contributed by atoms with Crippen LogP contribution in [-0.2, 0) is 24.3 Å². The Hall–Kier alpha value is 0.0534. The number of carboxylic acids is 1. The fourth-order valence-electron chi connectivity index (χ4n) is 0.869. The Morgan fingerprint density at radius 1 is 1.54 bits per heavy atom. The van der Waals surface area contributed by atoms with Crippen LogP contribution in [0.25, 0.3) is 0 Å². The third kappa shape index (κ3) is 3.74. The Morgan fingerprint density at radius 2 is 1.92 bits per heavy atom. The SMILES string of the molecule is CCN(C)[C-](C)C(C)(C)C(=O)O.[Rh]. The van der Waals surface area contributed by atoms with Gasteiger partial charge >= 0.3 is 0 Å². The minimum absolute atomic E-state index is 0. The summed E-state index contributed by atoms with van der Waals surface area (Å²) in [6.45, 7) is 8.13. The van der Waals surface area contributed by atoms with Gasteiger partial charge in [-0.05, 0) is 19.0 Å². The van der Waals surface area contributed by atoms with Crippen molar-refractivity contribution in [2.24, 2.45) is 5.41 Å². The van der Waals surface area contributed by atoms with E-state index >= 15 is 0 Å². The van der Waals surface area contributed by atoms with Crippen molar-refractivity contribution in [3.05, 3.63) is 6.04 Å². The van der Waals surface area contributed by atoms with E-state index in [1.807, 2.05) is 25.8 Å². The average Bonchev–Trinajstić information content (AvgIpc) is 2.01. The van der Waals surface area contributed by atoms with Crippen molar-refractivity contribution < 1.29 is 29.4 Å². The van der Waals surface area contributed by atoms with Crippen molar-refractivity contribution in [2.45, 2.75) is 27.7 Å². The maximum absolute atomic E-state index is 10.8. The molecule has 0 aliphatic carbocycles. The molecular weight excluding hydrogens is 257 g/mol. The van der Waals surface area contributed by atoms with E-state index in [9.17, 15) is 4.79 Å². The van der Waals surface area contributed by atoms with E-state index < -0.39 is 11.4 Å². The van der Waals surface area contributed by atoms with Gasteiger partial charge in [0.25, 0.3) is 5.97 Å². The molecule has 0 aromatic heterocycles. The molecule has 4 heteroatoms. The minimum Gasteiger partial charge on any atom is -0.483 e. The molecule has 0 aliphatic rings. The van der Waals surface area contributed by atoms with Crippen LogP contribution in [0.1, 0.15) is 27.7 Å². The van der Waals surface area contributed by atoms with Crippen molar-refractivity contribution in [1.29, 1.82) is 0 Å². The number of carbonyl (C=O) groups is 1. The maximum atomic E-state index is 10.8. The van der Waals surface area contributed by atoms with Crippen molar-refractivity contribution in [2.75, 3.05) is 13.6 Å². The second-order valence-electron chi connectivity index (χ2n) is 3.53. The summed E-state index contributed by atoms with van der Waals surface area (Å²) in [5.74, 6) is -0.777. The van der Waals surface area contributed by atoms with Crippen molar-refractivity contribution in [1.82, 2.24) is 4.90 Å². The molecule has 0 aromatic carbocycles. The second kappa shape index (κ2) is 5.71. The Bertz CT molecular complexity index is 171. The third-order valence-corrected chi connectivity index (χ3v) is 2.49. The van der Waals surface area contributed by atoms with E-state index in [1.54, 1.807) is 13.8 Å². The molecule has 0 saturated heterocycles. The third-order valence-electron chi connectivity index (χ3n) is 2.49. The van der Waals surface area contributed by atoms with Crippen molar-refractivity contribution in [3.8, 4) is 0 Å². The van der Waals surface area contributed by atoms with Gasteiger partial charge in [0.2, 0.25) is 0 Å². The molecule has 0 bridgehead atoms. The fraction of sp³-hybridized carbons (Fsp3) is 0.778. The topological polar surface area (TPSA) is 40.5 Å². The fourth-order valence-corrected chi connectivity index (χ4v) is 0.869. The van der Waals surface area contributed by atoms with E-state index in [-0.39, 0.29) is 19.5 Å². The molecule has 81 valence electrons. The van der Waals surface area contributed by atoms with E-state index in [4.69, 9.17) is 5.11 Å². The summed E-state index contributed by atoms with van der Waals surface area (Å²) >= 11 is 0. The molecular formula is C9H18NO2Rh-. The molecule has 0 amide bonds. The maximum Gasteiger partial charge on any atom is 0.280 e. The van der Waals surface area contributed by atoms with Gasteiger partial charge in [-0.1, -0.05) is 20.8 Å². The summed E-state index contributed by atoms with van der Waals surface area (Å²) in [7, 11) is 1.90. The van der Waals surface area contributed by atoms with Gasteiger partial charge in [-0.15, -0.1) is 0 Å². The summed E-state index contributed by atoms with van der Waals surface area (Å²) in [4.78, 5) is 12.8. The van der Waals surface area contributed by atoms with E-state index in [1.165, 1.54) is 0 Å². The van der Waals surface area contributed by atoms with Crippen LogP contribution < -0.4 is 0 Å². The first kappa shape index (κ1) is 15.5. The normalized spacial score (nSPS) is 11.6. The molecule has 0 heterocycles. The average molecular weight is 275 g/mol. The first-order valence-electron chi connectivity index (χ1n) is 4.12. The minimum atomic E-state index is -0.777. The first-order valence-corrected chi connectivity index (χ1v) is 4.12. The van der Waals surface area contributed by atoms with Gasteiger partial charge in [0.1, 0.15) is 0 Å². The van der Waals surface area contributed by atoms with Crippen LogP contribution in [0, 0.1) is 11.5 Å². The molecule has 0 spiro atoms. The summed E-state index contributed by atoms with van der Waals surface area (Å²) in [5.41, 5.74) is -0.759. The van der Waals surface area contributed by atoms with Gasteiger partial charge in [0.05, 0.1) is 0 Å². The second-order valence-corrected chi connectivity index (χ2v) is 3.53. The molecule has 0 fully saturated rings. The van der Waals surface area contributed by atoms with Crippen LogP contribution in [-0.4, -0.2) is 29.6 Å². The number of hydrogen-bond donors (Lipinski definition) is 1. The van der Waals surface area contributed by atoms with E-state index in [0.717, 1.165) is 12.6 Å². The summed E-state index contributed by atoms with van der Waals surface area (Å²) in [5, 5.41) is 8.91. The van der Waals surface area contributed by atoms with Gasteiger partial charge in [0.15, 0.2) is 0 Å². The Balaban J connectivity index is 0. The van der Waals surface area contributed by atoms with Gasteiger partial charge in [0, 0.05) is 19.5 Å². The number of carboxylic acid groups (broad SMARTS) is 1. The molecule has 0 aromatic rings. The summed E-state index contributed by atoms with van der Waals surface area (Å²) < 4.78 is 0. The van der Waals surface area contributed by atoms with Crippen LogP contribution in [0.5, 0.6) is 0 Å². The van der Waals surface area contributed by atoms with Gasteiger partial charge in [-0.25, -0.2) is 6.04 Å². The predicted octanol–water partition coefficient (Wildman–Crippen LogP) is 1.60. The number of hydrogen-bond acceptors (Lipinski definition) is 2. The van der Waals surface area contributed by atoms with Gasteiger partial charge in [-0.3, -0.25) is 4.79 Å². The smallest absolute Gasteiger partial charge is 0.280 e. The monoisotopic (exact) mass is 275 g/mol. The summed E-state index contributed by atoms with van der Waals surface area (Å²) in [6.07, 6.45) is 0. The number of rotatable bonds is 4. The summed E-state index contributed by atoms with van der Waals surface area (Å²) in [6, 6.07) is 0.887. The van der Waals surface area contributed by atoms with E-state index in [0.29, 0.717) is 0 Å². The molecule has 0 unspecified atom stereocenters. The molecule has 1 N–H and O–H groups in total. The Labute approximate surface area is 93.3 Å². The molecule has 0 aliphatic heterocycles. The molecule has 0 saturated carbocycles. The quantitative estimate of drug-likeness (QED) is 0.626. The zero-order valence-corrected chi connectivity index (χ0v) is 10.5. The molecule has 1 radical (unpaired) electrons. The molecule has 3 nitrogen and oxygen atoms in total. The zero-order chi connectivity index (χ0) is 9.94. The number of aliphatic carboxylic acids is 1. The predicted molar refractivity (Wildman–Crippen MR) is 48.6 cm³/mol. The van der Waals surface area contributed by atoms with E-state index in [2.05, 4.69) is 0 Å².